The smallest absolute Gasteiger partial charge is 0.344 e. The number of aliphatic imine (C=N–C) groups is 1. The lowest BCUT2D eigenvalue weighted by Gasteiger charge is -2.26. The number of amidine groups is 1. The quantitative estimate of drug-likeness (QED) is 0.193. The highest BCUT2D eigenvalue weighted by atomic mass is 35.5. The summed E-state index contributed by atoms with van der Waals surface area (Å²) < 4.78 is 10.2. The number of allylic oxidation sites excluding steroid dienone is 1. The predicted octanol–water partition coefficient (Wildman–Crippen LogP) is 0.905. The number of benzene rings is 1. The summed E-state index contributed by atoms with van der Waals surface area (Å²) in [5.41, 5.74) is 12.2. The largest absolute Gasteiger partial charge is 0.454 e. The first-order valence-corrected chi connectivity index (χ1v) is 9.82. The first-order valence-electron chi connectivity index (χ1n) is 9.44. The van der Waals surface area contributed by atoms with Crippen molar-refractivity contribution in [1.82, 2.24) is 4.90 Å². The Labute approximate surface area is 179 Å². The van der Waals surface area contributed by atoms with Crippen LogP contribution in [0.2, 0.25) is 5.02 Å². The average molecular weight is 437 g/mol. The topological polar surface area (TPSA) is 137 Å². The third-order valence-electron chi connectivity index (χ3n) is 4.41. The van der Waals surface area contributed by atoms with Crippen LogP contribution in [0.25, 0.3) is 0 Å². The van der Waals surface area contributed by atoms with E-state index in [1.165, 1.54) is 0 Å². The van der Waals surface area contributed by atoms with Crippen LogP contribution in [0.1, 0.15) is 23.7 Å². The molecule has 2 rings (SSSR count). The number of halogens is 1. The number of rotatable bonds is 9. The van der Waals surface area contributed by atoms with Crippen LogP contribution in [0.15, 0.2) is 40.5 Å². The molecule has 0 bridgehead atoms. The summed E-state index contributed by atoms with van der Waals surface area (Å²) >= 11 is 5.99. The Kier molecular flexibility index (Phi) is 8.82. The van der Waals surface area contributed by atoms with Crippen LogP contribution in [0, 0.1) is 0 Å². The molecule has 0 aliphatic carbocycles. The van der Waals surface area contributed by atoms with Gasteiger partial charge in [0.05, 0.1) is 18.2 Å². The van der Waals surface area contributed by atoms with E-state index in [1.54, 1.807) is 36.1 Å². The van der Waals surface area contributed by atoms with Crippen LogP contribution in [0.3, 0.4) is 0 Å². The molecule has 0 unspecified atom stereocenters. The third kappa shape index (κ3) is 6.30. The molecule has 1 aromatic rings. The number of hydrogen-bond acceptors (Lipinski definition) is 7. The zero-order valence-corrected chi connectivity index (χ0v) is 17.5. The Morgan fingerprint density at radius 2 is 2.03 bits per heavy atom. The molecule has 0 spiro atoms. The van der Waals surface area contributed by atoms with Gasteiger partial charge in [-0.15, -0.1) is 0 Å². The summed E-state index contributed by atoms with van der Waals surface area (Å²) in [6.45, 7) is 2.73. The second-order valence-corrected chi connectivity index (χ2v) is 6.84. The van der Waals surface area contributed by atoms with Crippen molar-refractivity contribution in [2.24, 2.45) is 16.5 Å². The summed E-state index contributed by atoms with van der Waals surface area (Å²) in [7, 11) is 0. The second kappa shape index (κ2) is 11.3. The standard InChI is InChI=1S/C20H25ClN4O5/c1-2-15(22)18(19(23)24-7-8-25-9-10-29-12-17(25)27)20(28)30-11-16(26)13-5-3-4-6-14(13)21/h3-6H,2,7-12,22H2,1H3,(H2,23,24). The number of ketones is 1. The maximum atomic E-state index is 12.5. The second-order valence-electron chi connectivity index (χ2n) is 6.43. The normalized spacial score (nSPS) is 15.6. The maximum Gasteiger partial charge on any atom is 0.344 e. The van der Waals surface area contributed by atoms with Gasteiger partial charge in [0, 0.05) is 24.4 Å². The molecule has 10 heteroatoms. The van der Waals surface area contributed by atoms with E-state index < -0.39 is 18.4 Å². The van der Waals surface area contributed by atoms with Crippen molar-refractivity contribution in [3.63, 3.8) is 0 Å². The average Bonchev–Trinajstić information content (AvgIpc) is 2.73. The van der Waals surface area contributed by atoms with Gasteiger partial charge in [-0.25, -0.2) is 4.79 Å². The van der Waals surface area contributed by atoms with Crippen LogP contribution in [0.5, 0.6) is 0 Å². The molecule has 162 valence electrons. The van der Waals surface area contributed by atoms with Crippen molar-refractivity contribution in [3.05, 3.63) is 46.1 Å². The molecule has 1 amide bonds. The zero-order valence-electron chi connectivity index (χ0n) is 16.7. The molecule has 1 aromatic carbocycles. The fourth-order valence-corrected chi connectivity index (χ4v) is 2.94. The molecule has 1 fully saturated rings. The lowest BCUT2D eigenvalue weighted by atomic mass is 10.1. The minimum absolute atomic E-state index is 0.0406. The number of esters is 1. The van der Waals surface area contributed by atoms with Crippen LogP contribution in [-0.2, 0) is 19.1 Å². The highest BCUT2D eigenvalue weighted by Gasteiger charge is 2.22. The van der Waals surface area contributed by atoms with Crippen molar-refractivity contribution in [2.45, 2.75) is 13.3 Å². The van der Waals surface area contributed by atoms with Crippen LogP contribution in [0.4, 0.5) is 0 Å². The lowest BCUT2D eigenvalue weighted by molar-refractivity contribution is -0.142. The minimum atomic E-state index is -0.849. The third-order valence-corrected chi connectivity index (χ3v) is 4.74. The molecule has 0 aromatic heterocycles. The van der Waals surface area contributed by atoms with E-state index in [2.05, 4.69) is 4.99 Å². The fourth-order valence-electron chi connectivity index (χ4n) is 2.70. The molecule has 0 saturated carbocycles. The fraction of sp³-hybridized carbons (Fsp3) is 0.400. The molecular formula is C20H25ClN4O5. The first-order chi connectivity index (χ1) is 14.3. The predicted molar refractivity (Wildman–Crippen MR) is 112 cm³/mol. The Balaban J connectivity index is 2.01. The van der Waals surface area contributed by atoms with Gasteiger partial charge in [-0.1, -0.05) is 30.7 Å². The summed E-state index contributed by atoms with van der Waals surface area (Å²) in [5, 5.41) is 0.265. The van der Waals surface area contributed by atoms with Gasteiger partial charge in [0.2, 0.25) is 11.7 Å². The van der Waals surface area contributed by atoms with Crippen LogP contribution < -0.4 is 11.5 Å². The number of carbonyl (C=O) groups excluding carboxylic acids is 3. The monoisotopic (exact) mass is 436 g/mol. The lowest BCUT2D eigenvalue weighted by Crippen LogP contribution is -2.43. The molecular weight excluding hydrogens is 412 g/mol. The van der Waals surface area contributed by atoms with Gasteiger partial charge in [-0.3, -0.25) is 14.6 Å². The summed E-state index contributed by atoms with van der Waals surface area (Å²) in [5.74, 6) is -1.54. The molecule has 4 N–H and O–H groups in total. The summed E-state index contributed by atoms with van der Waals surface area (Å²) in [4.78, 5) is 42.3. The van der Waals surface area contributed by atoms with E-state index in [4.69, 9.17) is 32.5 Å². The molecule has 1 heterocycles. The maximum absolute atomic E-state index is 12.5. The number of nitrogens with zero attached hydrogens (tertiary/aromatic N) is 2. The number of hydrogen-bond donors (Lipinski definition) is 2. The van der Waals surface area contributed by atoms with Crippen molar-refractivity contribution in [3.8, 4) is 0 Å². The molecule has 0 radical (unpaired) electrons. The van der Waals surface area contributed by atoms with E-state index in [9.17, 15) is 14.4 Å². The molecule has 1 aliphatic rings. The zero-order chi connectivity index (χ0) is 22.1. The number of carbonyl (C=O) groups is 3. The SMILES string of the molecule is CCC(N)=C(C(=O)OCC(=O)c1ccccc1Cl)C(N)=NCCN1CCOCC1=O. The molecule has 0 atom stereocenters. The molecule has 30 heavy (non-hydrogen) atoms. The summed E-state index contributed by atoms with van der Waals surface area (Å²) in [6.07, 6.45) is 0.334. The molecule has 1 saturated heterocycles. The van der Waals surface area contributed by atoms with Gasteiger partial charge in [0.25, 0.3) is 0 Å². The highest BCUT2D eigenvalue weighted by molar-refractivity contribution is 6.34. The van der Waals surface area contributed by atoms with Gasteiger partial charge in [0.15, 0.2) is 6.61 Å². The Bertz CT molecular complexity index is 869. The van der Waals surface area contributed by atoms with Crippen LogP contribution >= 0.6 is 11.6 Å². The van der Waals surface area contributed by atoms with Gasteiger partial charge >= 0.3 is 5.97 Å². The van der Waals surface area contributed by atoms with E-state index in [0.717, 1.165) is 0 Å². The highest BCUT2D eigenvalue weighted by Crippen LogP contribution is 2.16. The number of ether oxygens (including phenoxy) is 2. The van der Waals surface area contributed by atoms with Gasteiger partial charge in [-0.05, 0) is 18.6 Å². The van der Waals surface area contributed by atoms with Gasteiger partial charge in [0.1, 0.15) is 18.0 Å². The van der Waals surface area contributed by atoms with Crippen LogP contribution in [-0.4, -0.2) is 67.9 Å². The van der Waals surface area contributed by atoms with Gasteiger partial charge in [-0.2, -0.15) is 0 Å². The first kappa shape index (κ1) is 23.4. The van der Waals surface area contributed by atoms with Crippen molar-refractivity contribution >= 4 is 35.1 Å². The summed E-state index contributed by atoms with van der Waals surface area (Å²) in [6, 6.07) is 6.46. The van der Waals surface area contributed by atoms with E-state index in [0.29, 0.717) is 26.1 Å². The van der Waals surface area contributed by atoms with E-state index in [-0.39, 0.29) is 46.8 Å². The Morgan fingerprint density at radius 3 is 2.70 bits per heavy atom. The number of nitrogens with two attached hydrogens (primary N) is 2. The van der Waals surface area contributed by atoms with E-state index in [1.807, 2.05) is 0 Å². The Morgan fingerprint density at radius 1 is 1.30 bits per heavy atom. The minimum Gasteiger partial charge on any atom is -0.454 e. The number of Topliss-reactive ketones (excluding diaryl/α,β-unsaturated/α-hetero) is 1. The molecule has 1 aliphatic heterocycles. The van der Waals surface area contributed by atoms with Crippen molar-refractivity contribution < 1.29 is 23.9 Å². The molecule has 9 nitrogen and oxygen atoms in total. The number of amides is 1. The van der Waals surface area contributed by atoms with Gasteiger partial charge < -0.3 is 25.8 Å². The Hall–Kier alpha value is -2.91. The van der Waals surface area contributed by atoms with Crippen molar-refractivity contribution in [2.75, 3.05) is 39.5 Å². The van der Waals surface area contributed by atoms with E-state index >= 15 is 0 Å². The number of morpholine rings is 1. The van der Waals surface area contributed by atoms with Crippen molar-refractivity contribution in [1.29, 1.82) is 0 Å².